The van der Waals surface area contributed by atoms with Crippen LogP contribution in [0.25, 0.3) is 12.2 Å². The van der Waals surface area contributed by atoms with Gasteiger partial charge in [0.15, 0.2) is 0 Å². The molecule has 0 saturated carbocycles. The molecule has 0 N–H and O–H groups in total. The molecular formula is C24H21NO. The molecule has 0 saturated heterocycles. The Kier molecular flexibility index (Phi) is 6.23. The molecule has 0 heterocycles. The minimum absolute atomic E-state index is 0.677. The second kappa shape index (κ2) is 9.25. The Labute approximate surface area is 155 Å². The molecule has 26 heavy (non-hydrogen) atoms. The molecule has 0 bridgehead atoms. The van der Waals surface area contributed by atoms with Crippen LogP contribution in [-0.4, -0.2) is 6.61 Å². The summed E-state index contributed by atoms with van der Waals surface area (Å²) >= 11 is 0. The molecule has 2 nitrogen and oxygen atoms in total. The lowest BCUT2D eigenvalue weighted by Crippen LogP contribution is -1.99. The lowest BCUT2D eigenvalue weighted by molar-refractivity contribution is 0.311. The predicted octanol–water partition coefficient (Wildman–Crippen LogP) is 5.74. The predicted molar refractivity (Wildman–Crippen MR) is 107 cm³/mol. The molecule has 0 unspecified atom stereocenters. The number of benzene rings is 3. The highest BCUT2D eigenvalue weighted by Gasteiger charge is 1.96. The smallest absolute Gasteiger partial charge is 0.119 e. The van der Waals surface area contributed by atoms with Crippen LogP contribution in [0.3, 0.4) is 0 Å². The van der Waals surface area contributed by atoms with E-state index in [2.05, 4.69) is 36.4 Å². The zero-order valence-electron chi connectivity index (χ0n) is 14.6. The van der Waals surface area contributed by atoms with Crippen molar-refractivity contribution >= 4 is 12.2 Å². The van der Waals surface area contributed by atoms with E-state index in [0.29, 0.717) is 5.56 Å². The first-order chi connectivity index (χ1) is 12.8. The maximum absolute atomic E-state index is 8.82. The fourth-order valence-corrected chi connectivity index (χ4v) is 2.65. The van der Waals surface area contributed by atoms with Gasteiger partial charge in [0.25, 0.3) is 0 Å². The van der Waals surface area contributed by atoms with E-state index in [9.17, 15) is 0 Å². The third kappa shape index (κ3) is 5.36. The van der Waals surface area contributed by atoms with Gasteiger partial charge in [-0.05, 0) is 53.8 Å². The average Bonchev–Trinajstić information content (AvgIpc) is 2.72. The summed E-state index contributed by atoms with van der Waals surface area (Å²) in [5.41, 5.74) is 4.21. The number of nitriles is 1. The zero-order chi connectivity index (χ0) is 18.0. The maximum atomic E-state index is 8.82. The summed E-state index contributed by atoms with van der Waals surface area (Å²) in [6.07, 6.45) is 6.13. The van der Waals surface area contributed by atoms with Gasteiger partial charge >= 0.3 is 0 Å². The van der Waals surface area contributed by atoms with E-state index in [1.165, 1.54) is 5.56 Å². The van der Waals surface area contributed by atoms with Gasteiger partial charge in [0.05, 0.1) is 18.2 Å². The molecule has 0 aromatic heterocycles. The van der Waals surface area contributed by atoms with Gasteiger partial charge in [0.2, 0.25) is 0 Å². The molecule has 0 aliphatic carbocycles. The number of nitrogens with zero attached hydrogens (tertiary/aromatic N) is 1. The second-order valence-corrected chi connectivity index (χ2v) is 6.07. The Morgan fingerprint density at radius 3 is 2.00 bits per heavy atom. The molecule has 2 heteroatoms. The minimum atomic E-state index is 0.677. The normalized spacial score (nSPS) is 10.6. The van der Waals surface area contributed by atoms with E-state index in [4.69, 9.17) is 10.00 Å². The van der Waals surface area contributed by atoms with Crippen molar-refractivity contribution in [1.29, 1.82) is 5.26 Å². The van der Waals surface area contributed by atoms with Crippen LogP contribution in [-0.2, 0) is 6.42 Å². The molecule has 0 aliphatic heterocycles. The summed E-state index contributed by atoms with van der Waals surface area (Å²) in [4.78, 5) is 0. The first-order valence-corrected chi connectivity index (χ1v) is 8.78. The molecule has 3 aromatic carbocycles. The lowest BCUT2D eigenvalue weighted by atomic mass is 10.1. The van der Waals surface area contributed by atoms with E-state index >= 15 is 0 Å². The molecule has 0 radical (unpaired) electrons. The van der Waals surface area contributed by atoms with Crippen LogP contribution in [0.15, 0.2) is 78.9 Å². The first kappa shape index (κ1) is 17.5. The van der Waals surface area contributed by atoms with Crippen molar-refractivity contribution in [3.8, 4) is 11.8 Å². The van der Waals surface area contributed by atoms with Crippen LogP contribution in [0.1, 0.15) is 28.7 Å². The Morgan fingerprint density at radius 1 is 0.769 bits per heavy atom. The van der Waals surface area contributed by atoms with Crippen molar-refractivity contribution in [3.05, 3.63) is 101 Å². The Balaban J connectivity index is 1.47. The van der Waals surface area contributed by atoms with Gasteiger partial charge in [-0.3, -0.25) is 0 Å². The summed E-state index contributed by atoms with van der Waals surface area (Å²) < 4.78 is 5.82. The highest BCUT2D eigenvalue weighted by Crippen LogP contribution is 2.15. The average molecular weight is 339 g/mol. The fraction of sp³-hybridized carbons (Fsp3) is 0.125. The number of aryl methyl sites for hydroxylation is 1. The molecule has 0 amide bonds. The molecule has 3 aromatic rings. The molecule has 128 valence electrons. The van der Waals surface area contributed by atoms with Crippen LogP contribution < -0.4 is 4.74 Å². The molecule has 0 fully saturated rings. The molecule has 3 rings (SSSR count). The van der Waals surface area contributed by atoms with Crippen LogP contribution in [0.4, 0.5) is 0 Å². The van der Waals surface area contributed by atoms with Crippen molar-refractivity contribution in [1.82, 2.24) is 0 Å². The SMILES string of the molecule is N#Cc1ccc(/C=C/c2ccc(OCCCc3ccccc3)cc2)cc1. The fourth-order valence-electron chi connectivity index (χ4n) is 2.65. The van der Waals surface area contributed by atoms with Gasteiger partial charge in [-0.25, -0.2) is 0 Å². The molecular weight excluding hydrogens is 318 g/mol. The topological polar surface area (TPSA) is 33.0 Å². The quantitative estimate of drug-likeness (QED) is 0.406. The van der Waals surface area contributed by atoms with Crippen molar-refractivity contribution in [3.63, 3.8) is 0 Å². The lowest BCUT2D eigenvalue weighted by Gasteiger charge is -2.06. The first-order valence-electron chi connectivity index (χ1n) is 8.78. The summed E-state index contributed by atoms with van der Waals surface area (Å²) in [7, 11) is 0. The third-order valence-electron chi connectivity index (χ3n) is 4.11. The number of rotatable bonds is 7. The molecule has 0 spiro atoms. The van der Waals surface area contributed by atoms with Crippen LogP contribution in [0.5, 0.6) is 5.75 Å². The van der Waals surface area contributed by atoms with Gasteiger partial charge in [-0.15, -0.1) is 0 Å². The van der Waals surface area contributed by atoms with E-state index < -0.39 is 0 Å². The Hall–Kier alpha value is -3.31. The Morgan fingerprint density at radius 2 is 1.38 bits per heavy atom. The van der Waals surface area contributed by atoms with Crippen molar-refractivity contribution < 1.29 is 4.74 Å². The number of hydrogen-bond acceptors (Lipinski definition) is 2. The van der Waals surface area contributed by atoms with Crippen molar-refractivity contribution in [2.45, 2.75) is 12.8 Å². The Bertz CT molecular complexity index is 872. The van der Waals surface area contributed by atoms with Crippen molar-refractivity contribution in [2.24, 2.45) is 0 Å². The van der Waals surface area contributed by atoms with Crippen LogP contribution in [0.2, 0.25) is 0 Å². The highest BCUT2D eigenvalue weighted by atomic mass is 16.5. The molecule has 0 atom stereocenters. The summed E-state index contributed by atoms with van der Waals surface area (Å²) in [6.45, 7) is 0.718. The van der Waals surface area contributed by atoms with E-state index in [1.54, 1.807) is 0 Å². The van der Waals surface area contributed by atoms with Crippen LogP contribution >= 0.6 is 0 Å². The molecule has 0 aliphatic rings. The van der Waals surface area contributed by atoms with E-state index in [0.717, 1.165) is 36.3 Å². The van der Waals surface area contributed by atoms with Crippen molar-refractivity contribution in [2.75, 3.05) is 6.61 Å². The van der Waals surface area contributed by atoms with Gasteiger partial charge in [0, 0.05) is 0 Å². The summed E-state index contributed by atoms with van der Waals surface area (Å²) in [5.74, 6) is 0.897. The summed E-state index contributed by atoms with van der Waals surface area (Å²) in [5, 5.41) is 8.82. The highest BCUT2D eigenvalue weighted by molar-refractivity contribution is 5.70. The third-order valence-corrected chi connectivity index (χ3v) is 4.11. The van der Waals surface area contributed by atoms with Gasteiger partial charge < -0.3 is 4.74 Å². The van der Waals surface area contributed by atoms with E-state index in [1.807, 2.05) is 60.7 Å². The zero-order valence-corrected chi connectivity index (χ0v) is 14.6. The monoisotopic (exact) mass is 339 g/mol. The van der Waals surface area contributed by atoms with Crippen LogP contribution in [0, 0.1) is 11.3 Å². The minimum Gasteiger partial charge on any atom is -0.494 e. The summed E-state index contributed by atoms with van der Waals surface area (Å²) in [6, 6.07) is 28.2. The standard InChI is InChI=1S/C24H21NO/c25-19-23-12-10-21(11-13-23)8-9-22-14-16-24(17-15-22)26-18-4-7-20-5-2-1-3-6-20/h1-3,5-6,8-17H,4,7,18H2/b9-8+. The maximum Gasteiger partial charge on any atom is 0.119 e. The number of hydrogen-bond donors (Lipinski definition) is 0. The van der Waals surface area contributed by atoms with Gasteiger partial charge in [0.1, 0.15) is 5.75 Å². The second-order valence-electron chi connectivity index (χ2n) is 6.07. The van der Waals surface area contributed by atoms with E-state index in [-0.39, 0.29) is 0 Å². The number of ether oxygens (including phenoxy) is 1. The van der Waals surface area contributed by atoms with Gasteiger partial charge in [-0.1, -0.05) is 66.7 Å². The largest absolute Gasteiger partial charge is 0.494 e. The van der Waals surface area contributed by atoms with Gasteiger partial charge in [-0.2, -0.15) is 5.26 Å².